The number of sulfone groups is 1. The molecular formula is C18H27N3O2S. The summed E-state index contributed by atoms with van der Waals surface area (Å²) in [5.74, 6) is 0.694. The third kappa shape index (κ3) is 4.04. The Hall–Kier alpha value is -1.69. The van der Waals surface area contributed by atoms with Crippen molar-refractivity contribution in [3.8, 4) is 11.4 Å². The second-order valence-corrected chi connectivity index (χ2v) is 8.99. The Labute approximate surface area is 145 Å². The highest BCUT2D eigenvalue weighted by molar-refractivity contribution is 7.91. The van der Waals surface area contributed by atoms with Crippen molar-refractivity contribution in [2.24, 2.45) is 5.41 Å². The second-order valence-electron chi connectivity index (χ2n) is 7.10. The fraction of sp³-hybridized carbons (Fsp3) is 0.556. The van der Waals surface area contributed by atoms with E-state index in [1.54, 1.807) is 4.57 Å². The Morgan fingerprint density at radius 3 is 2.46 bits per heavy atom. The van der Waals surface area contributed by atoms with Crippen LogP contribution in [0.2, 0.25) is 0 Å². The van der Waals surface area contributed by atoms with Crippen molar-refractivity contribution in [3.63, 3.8) is 0 Å². The number of hydrogen-bond donors (Lipinski definition) is 0. The fourth-order valence-corrected chi connectivity index (χ4v) is 4.66. The molecule has 0 aliphatic heterocycles. The van der Waals surface area contributed by atoms with Crippen molar-refractivity contribution in [1.82, 2.24) is 14.8 Å². The summed E-state index contributed by atoms with van der Waals surface area (Å²) in [5.41, 5.74) is 1.72. The topological polar surface area (TPSA) is 64.8 Å². The predicted molar refractivity (Wildman–Crippen MR) is 96.6 cm³/mol. The van der Waals surface area contributed by atoms with Gasteiger partial charge in [0, 0.05) is 12.1 Å². The molecule has 0 fully saturated rings. The van der Waals surface area contributed by atoms with E-state index in [4.69, 9.17) is 0 Å². The van der Waals surface area contributed by atoms with Gasteiger partial charge in [-0.1, -0.05) is 57.9 Å². The van der Waals surface area contributed by atoms with E-state index in [0.29, 0.717) is 12.4 Å². The normalized spacial score (nSPS) is 12.5. The lowest BCUT2D eigenvalue weighted by Gasteiger charge is -2.22. The maximum atomic E-state index is 12.9. The van der Waals surface area contributed by atoms with Crippen LogP contribution in [0, 0.1) is 12.3 Å². The molecule has 0 atom stereocenters. The van der Waals surface area contributed by atoms with Gasteiger partial charge >= 0.3 is 0 Å². The highest BCUT2D eigenvalue weighted by Gasteiger charge is 2.31. The Bertz CT molecular complexity index is 807. The molecule has 2 rings (SSSR count). The van der Waals surface area contributed by atoms with Crippen LogP contribution in [-0.4, -0.2) is 28.9 Å². The van der Waals surface area contributed by atoms with Crippen LogP contribution in [-0.2, 0) is 16.4 Å². The lowest BCUT2D eigenvalue weighted by atomic mass is 9.93. The van der Waals surface area contributed by atoms with Gasteiger partial charge in [-0.05, 0) is 24.8 Å². The largest absolute Gasteiger partial charge is 0.298 e. The molecule has 24 heavy (non-hydrogen) atoms. The molecule has 5 nitrogen and oxygen atoms in total. The van der Waals surface area contributed by atoms with Crippen molar-refractivity contribution in [1.29, 1.82) is 0 Å². The summed E-state index contributed by atoms with van der Waals surface area (Å²) >= 11 is 0. The lowest BCUT2D eigenvalue weighted by Crippen LogP contribution is -2.25. The van der Waals surface area contributed by atoms with Gasteiger partial charge in [-0.2, -0.15) is 0 Å². The maximum absolute atomic E-state index is 12.9. The van der Waals surface area contributed by atoms with Gasteiger partial charge < -0.3 is 0 Å². The van der Waals surface area contributed by atoms with Crippen LogP contribution in [0.25, 0.3) is 11.4 Å². The minimum Gasteiger partial charge on any atom is -0.298 e. The zero-order valence-corrected chi connectivity index (χ0v) is 16.0. The van der Waals surface area contributed by atoms with E-state index >= 15 is 0 Å². The molecule has 0 saturated heterocycles. The van der Waals surface area contributed by atoms with Crippen LogP contribution in [0.3, 0.4) is 0 Å². The average molecular weight is 350 g/mol. The summed E-state index contributed by atoms with van der Waals surface area (Å²) in [5, 5.41) is 8.34. The van der Waals surface area contributed by atoms with E-state index in [2.05, 4.69) is 10.2 Å². The molecule has 1 aromatic heterocycles. The van der Waals surface area contributed by atoms with E-state index in [0.717, 1.165) is 24.0 Å². The van der Waals surface area contributed by atoms with E-state index < -0.39 is 9.84 Å². The van der Waals surface area contributed by atoms with Gasteiger partial charge in [0.05, 0.1) is 5.75 Å². The van der Waals surface area contributed by atoms with E-state index in [-0.39, 0.29) is 16.3 Å². The summed E-state index contributed by atoms with van der Waals surface area (Å²) in [4.78, 5) is 0. The Morgan fingerprint density at radius 1 is 1.17 bits per heavy atom. The quantitative estimate of drug-likeness (QED) is 0.761. The van der Waals surface area contributed by atoms with Gasteiger partial charge in [0.2, 0.25) is 15.0 Å². The molecule has 1 heterocycles. The number of hydrogen-bond acceptors (Lipinski definition) is 4. The summed E-state index contributed by atoms with van der Waals surface area (Å²) in [6.07, 6.45) is 1.61. The molecule has 2 aromatic rings. The molecule has 6 heteroatoms. The van der Waals surface area contributed by atoms with Gasteiger partial charge in [-0.15, -0.1) is 10.2 Å². The van der Waals surface area contributed by atoms with Gasteiger partial charge in [0.25, 0.3) is 0 Å². The van der Waals surface area contributed by atoms with Crippen LogP contribution >= 0.6 is 0 Å². The van der Waals surface area contributed by atoms with Crippen LogP contribution < -0.4 is 0 Å². The molecule has 0 radical (unpaired) electrons. The third-order valence-electron chi connectivity index (χ3n) is 4.26. The predicted octanol–water partition coefficient (Wildman–Crippen LogP) is 3.87. The van der Waals surface area contributed by atoms with Gasteiger partial charge in [0.15, 0.2) is 5.82 Å². The van der Waals surface area contributed by atoms with E-state index in [9.17, 15) is 8.42 Å². The van der Waals surface area contributed by atoms with E-state index in [1.165, 1.54) is 0 Å². The molecule has 0 amide bonds. The van der Waals surface area contributed by atoms with Gasteiger partial charge in [0.1, 0.15) is 0 Å². The second kappa shape index (κ2) is 7.05. The van der Waals surface area contributed by atoms with Crippen LogP contribution in [0.1, 0.15) is 46.1 Å². The Balaban J connectivity index is 2.53. The number of benzene rings is 1. The summed E-state index contributed by atoms with van der Waals surface area (Å²) < 4.78 is 27.5. The molecule has 0 saturated carbocycles. The van der Waals surface area contributed by atoms with Crippen molar-refractivity contribution in [2.45, 2.75) is 59.2 Å². The highest BCUT2D eigenvalue weighted by atomic mass is 32.2. The summed E-state index contributed by atoms with van der Waals surface area (Å²) in [7, 11) is -3.49. The molecule has 0 unspecified atom stereocenters. The summed E-state index contributed by atoms with van der Waals surface area (Å²) in [6.45, 7) is 10.5. The summed E-state index contributed by atoms with van der Waals surface area (Å²) in [6, 6.07) is 7.90. The van der Waals surface area contributed by atoms with Gasteiger partial charge in [-0.25, -0.2) is 8.42 Å². The third-order valence-corrected chi connectivity index (χ3v) is 6.28. The first kappa shape index (κ1) is 18.6. The standard InChI is InChI=1S/C18H27N3O2S/c1-6-11-21-16(15-10-8-9-14(3)12-15)19-20-17(21)24(22,23)13-18(4,5)7-2/h8-10,12H,6-7,11,13H2,1-5H3. The van der Waals surface area contributed by atoms with Crippen molar-refractivity contribution >= 4 is 9.84 Å². The average Bonchev–Trinajstić information content (AvgIpc) is 2.91. The fourth-order valence-electron chi connectivity index (χ4n) is 2.62. The first-order valence-electron chi connectivity index (χ1n) is 8.43. The van der Waals surface area contributed by atoms with E-state index in [1.807, 2.05) is 58.9 Å². The molecule has 0 bridgehead atoms. The molecule has 0 aliphatic rings. The SMILES string of the molecule is CCCn1c(-c2cccc(C)c2)nnc1S(=O)(=O)CC(C)(C)CC. The molecule has 0 aliphatic carbocycles. The first-order valence-corrected chi connectivity index (χ1v) is 10.1. The zero-order chi connectivity index (χ0) is 18.0. The minimum absolute atomic E-state index is 0.0756. The molecule has 0 N–H and O–H groups in total. The molecule has 132 valence electrons. The minimum atomic E-state index is -3.49. The zero-order valence-electron chi connectivity index (χ0n) is 15.2. The van der Waals surface area contributed by atoms with Crippen LogP contribution in [0.5, 0.6) is 0 Å². The van der Waals surface area contributed by atoms with Crippen molar-refractivity contribution < 1.29 is 8.42 Å². The van der Waals surface area contributed by atoms with Crippen LogP contribution in [0.4, 0.5) is 0 Å². The first-order chi connectivity index (χ1) is 11.2. The van der Waals surface area contributed by atoms with Crippen molar-refractivity contribution in [2.75, 3.05) is 5.75 Å². The van der Waals surface area contributed by atoms with Gasteiger partial charge in [-0.3, -0.25) is 4.57 Å². The number of rotatable bonds is 7. The molecule has 1 aromatic carbocycles. The smallest absolute Gasteiger partial charge is 0.250 e. The molecule has 0 spiro atoms. The Morgan fingerprint density at radius 2 is 1.88 bits per heavy atom. The van der Waals surface area contributed by atoms with Crippen LogP contribution in [0.15, 0.2) is 29.4 Å². The number of aryl methyl sites for hydroxylation is 1. The number of aromatic nitrogens is 3. The lowest BCUT2D eigenvalue weighted by molar-refractivity contribution is 0.394. The van der Waals surface area contributed by atoms with Crippen molar-refractivity contribution in [3.05, 3.63) is 29.8 Å². The Kier molecular flexibility index (Phi) is 5.48. The highest BCUT2D eigenvalue weighted by Crippen LogP contribution is 2.28. The monoisotopic (exact) mass is 349 g/mol. The number of nitrogens with zero attached hydrogens (tertiary/aromatic N) is 3. The molecular weight excluding hydrogens is 322 g/mol. The maximum Gasteiger partial charge on any atom is 0.250 e.